The minimum absolute atomic E-state index is 0.869. The van der Waals surface area contributed by atoms with Crippen LogP contribution < -0.4 is 5.32 Å². The van der Waals surface area contributed by atoms with Crippen LogP contribution in [0.2, 0.25) is 0 Å². The van der Waals surface area contributed by atoms with Crippen molar-refractivity contribution >= 4 is 0 Å². The molecule has 0 aromatic carbocycles. The highest BCUT2D eigenvalue weighted by Gasteiger charge is 2.19. The van der Waals surface area contributed by atoms with E-state index in [4.69, 9.17) is 0 Å². The zero-order valence-corrected chi connectivity index (χ0v) is 10.0. The average molecular weight is 207 g/mol. The molecule has 0 radical (unpaired) electrons. The number of hydrogen-bond acceptors (Lipinski definition) is 1. The molecule has 0 heterocycles. The Balaban J connectivity index is 1.52. The fraction of sp³-hybridized carbons (Fsp3) is 0.857. The van der Waals surface area contributed by atoms with Gasteiger partial charge in [0.05, 0.1) is 0 Å². The lowest BCUT2D eigenvalue weighted by atomic mass is 9.83. The number of nitrogens with one attached hydrogen (secondary N) is 1. The van der Waals surface area contributed by atoms with Gasteiger partial charge < -0.3 is 5.32 Å². The Hall–Kier alpha value is -0.300. The molecule has 15 heavy (non-hydrogen) atoms. The largest absolute Gasteiger partial charge is 0.314 e. The Kier molecular flexibility index (Phi) is 4.25. The first kappa shape index (κ1) is 11.2. The molecule has 1 heteroatoms. The van der Waals surface area contributed by atoms with Crippen LogP contribution in [0.15, 0.2) is 12.2 Å². The van der Waals surface area contributed by atoms with Gasteiger partial charge in [-0.1, -0.05) is 31.9 Å². The van der Waals surface area contributed by atoms with Crippen molar-refractivity contribution in [1.29, 1.82) is 0 Å². The molecule has 1 N–H and O–H groups in total. The fourth-order valence-electron chi connectivity index (χ4n) is 2.43. The van der Waals surface area contributed by atoms with Crippen molar-refractivity contribution in [1.82, 2.24) is 5.32 Å². The molecule has 2 saturated carbocycles. The van der Waals surface area contributed by atoms with Gasteiger partial charge in [0.15, 0.2) is 0 Å². The molecule has 2 aliphatic carbocycles. The van der Waals surface area contributed by atoms with Gasteiger partial charge in [-0.3, -0.25) is 0 Å². The smallest absolute Gasteiger partial charge is 0.00683 e. The highest BCUT2D eigenvalue weighted by molar-refractivity contribution is 4.91. The number of allylic oxidation sites excluding steroid dienone is 1. The molecule has 0 spiro atoms. The molecule has 0 aromatic rings. The molecular formula is C14H25N. The van der Waals surface area contributed by atoms with Crippen LogP contribution in [0.4, 0.5) is 0 Å². The molecular weight excluding hydrogens is 182 g/mol. The van der Waals surface area contributed by atoms with E-state index < -0.39 is 0 Å². The van der Waals surface area contributed by atoms with E-state index in [1.165, 1.54) is 51.5 Å². The Bertz CT molecular complexity index is 197. The van der Waals surface area contributed by atoms with Crippen molar-refractivity contribution in [2.24, 2.45) is 11.8 Å². The molecule has 0 atom stereocenters. The summed E-state index contributed by atoms with van der Waals surface area (Å²) in [6, 6.07) is 0.869. The van der Waals surface area contributed by atoms with Gasteiger partial charge in [0.2, 0.25) is 0 Å². The lowest BCUT2D eigenvalue weighted by molar-refractivity contribution is 0.330. The molecule has 0 amide bonds. The summed E-state index contributed by atoms with van der Waals surface area (Å²) >= 11 is 0. The maximum Gasteiger partial charge on any atom is 0.00683 e. The van der Waals surface area contributed by atoms with Crippen molar-refractivity contribution in [3.63, 3.8) is 0 Å². The summed E-state index contributed by atoms with van der Waals surface area (Å²) in [7, 11) is 0. The zero-order chi connectivity index (χ0) is 10.5. The Morgan fingerprint density at radius 2 is 1.80 bits per heavy atom. The Labute approximate surface area is 94.3 Å². The van der Waals surface area contributed by atoms with Crippen molar-refractivity contribution in [3.05, 3.63) is 12.2 Å². The molecule has 2 fully saturated rings. The zero-order valence-electron chi connectivity index (χ0n) is 10.0. The molecule has 2 rings (SSSR count). The highest BCUT2D eigenvalue weighted by atomic mass is 14.9. The summed E-state index contributed by atoms with van der Waals surface area (Å²) in [5.74, 6) is 1.87. The van der Waals surface area contributed by atoms with E-state index >= 15 is 0 Å². The summed E-state index contributed by atoms with van der Waals surface area (Å²) in [5, 5.41) is 3.55. The van der Waals surface area contributed by atoms with Gasteiger partial charge >= 0.3 is 0 Å². The first-order chi connectivity index (χ1) is 7.34. The van der Waals surface area contributed by atoms with Crippen LogP contribution in [0.3, 0.4) is 0 Å². The van der Waals surface area contributed by atoms with Crippen LogP contribution in [0.25, 0.3) is 0 Å². The van der Waals surface area contributed by atoms with Gasteiger partial charge in [-0.05, 0) is 50.5 Å². The minimum atomic E-state index is 0.869. The maximum atomic E-state index is 3.55. The first-order valence-electron chi connectivity index (χ1n) is 6.74. The summed E-state index contributed by atoms with van der Waals surface area (Å²) in [6.07, 6.45) is 14.6. The van der Waals surface area contributed by atoms with Crippen LogP contribution >= 0.6 is 0 Å². The van der Waals surface area contributed by atoms with Gasteiger partial charge in [-0.15, -0.1) is 0 Å². The van der Waals surface area contributed by atoms with Gasteiger partial charge in [-0.25, -0.2) is 0 Å². The third-order valence-electron chi connectivity index (χ3n) is 3.79. The number of hydrogen-bond donors (Lipinski definition) is 1. The topological polar surface area (TPSA) is 12.0 Å². The first-order valence-corrected chi connectivity index (χ1v) is 6.74. The van der Waals surface area contributed by atoms with Crippen molar-refractivity contribution in [3.8, 4) is 0 Å². The molecule has 86 valence electrons. The second-order valence-electron chi connectivity index (χ2n) is 5.47. The van der Waals surface area contributed by atoms with E-state index in [0.29, 0.717) is 0 Å². The fourth-order valence-corrected chi connectivity index (χ4v) is 2.43. The van der Waals surface area contributed by atoms with Crippen molar-refractivity contribution in [2.75, 3.05) is 6.54 Å². The number of rotatable bonds is 5. The SMILES string of the molecule is CC1CCC(/C=C/CCNC2CC2)CC1. The summed E-state index contributed by atoms with van der Waals surface area (Å²) < 4.78 is 0. The molecule has 0 saturated heterocycles. The van der Waals surface area contributed by atoms with Gasteiger partial charge in [0, 0.05) is 6.04 Å². The predicted molar refractivity (Wildman–Crippen MR) is 65.9 cm³/mol. The molecule has 0 aromatic heterocycles. The third kappa shape index (κ3) is 4.38. The average Bonchev–Trinajstić information content (AvgIpc) is 3.04. The van der Waals surface area contributed by atoms with Crippen LogP contribution in [0.5, 0.6) is 0 Å². The maximum absolute atomic E-state index is 3.55. The van der Waals surface area contributed by atoms with E-state index in [1.807, 2.05) is 0 Å². The van der Waals surface area contributed by atoms with Gasteiger partial charge in [0.25, 0.3) is 0 Å². The van der Waals surface area contributed by atoms with Crippen LogP contribution in [-0.2, 0) is 0 Å². The van der Waals surface area contributed by atoms with Crippen LogP contribution in [-0.4, -0.2) is 12.6 Å². The summed E-state index contributed by atoms with van der Waals surface area (Å²) in [4.78, 5) is 0. The second kappa shape index (κ2) is 5.69. The Morgan fingerprint density at radius 1 is 1.07 bits per heavy atom. The standard InChI is InChI=1S/C14H25N/c1-12-5-7-13(8-6-12)4-2-3-11-15-14-9-10-14/h2,4,12-15H,3,5-11H2,1H3/b4-2+. The predicted octanol–water partition coefficient (Wildman–Crippen LogP) is 3.51. The van der Waals surface area contributed by atoms with Gasteiger partial charge in [0.1, 0.15) is 0 Å². The molecule has 1 nitrogen and oxygen atoms in total. The minimum Gasteiger partial charge on any atom is -0.314 e. The van der Waals surface area contributed by atoms with E-state index in [-0.39, 0.29) is 0 Å². The van der Waals surface area contributed by atoms with Crippen molar-refractivity contribution < 1.29 is 0 Å². The molecule has 0 bridgehead atoms. The third-order valence-corrected chi connectivity index (χ3v) is 3.79. The molecule has 0 aliphatic heterocycles. The summed E-state index contributed by atoms with van der Waals surface area (Å²) in [5.41, 5.74) is 0. The monoisotopic (exact) mass is 207 g/mol. The van der Waals surface area contributed by atoms with E-state index in [9.17, 15) is 0 Å². The normalized spacial score (nSPS) is 32.3. The Morgan fingerprint density at radius 3 is 2.47 bits per heavy atom. The molecule has 2 aliphatic rings. The van der Waals surface area contributed by atoms with E-state index in [0.717, 1.165) is 17.9 Å². The van der Waals surface area contributed by atoms with Gasteiger partial charge in [-0.2, -0.15) is 0 Å². The lowest BCUT2D eigenvalue weighted by Gasteiger charge is -2.23. The lowest BCUT2D eigenvalue weighted by Crippen LogP contribution is -2.16. The van der Waals surface area contributed by atoms with Crippen molar-refractivity contribution in [2.45, 2.75) is 57.9 Å². The molecule has 0 unspecified atom stereocenters. The quantitative estimate of drug-likeness (QED) is 0.537. The van der Waals surface area contributed by atoms with Crippen LogP contribution in [0.1, 0.15) is 51.9 Å². The second-order valence-corrected chi connectivity index (χ2v) is 5.47. The highest BCUT2D eigenvalue weighted by Crippen LogP contribution is 2.29. The van der Waals surface area contributed by atoms with Crippen LogP contribution in [0, 0.1) is 11.8 Å². The van der Waals surface area contributed by atoms with E-state index in [2.05, 4.69) is 24.4 Å². The summed E-state index contributed by atoms with van der Waals surface area (Å²) in [6.45, 7) is 3.57. The van der Waals surface area contributed by atoms with E-state index in [1.54, 1.807) is 0 Å².